The molecule has 11 heteroatoms. The number of likely N-dealkylation sites (tertiary alicyclic amines) is 1. The summed E-state index contributed by atoms with van der Waals surface area (Å²) < 4.78 is 8.41. The van der Waals surface area contributed by atoms with Crippen LogP contribution in [0.1, 0.15) is 13.8 Å². The van der Waals surface area contributed by atoms with Gasteiger partial charge in [0.15, 0.2) is 0 Å². The quantitative estimate of drug-likeness (QED) is 0.442. The second-order valence-electron chi connectivity index (χ2n) is 12.0. The van der Waals surface area contributed by atoms with Gasteiger partial charge in [-0.25, -0.2) is 4.68 Å². The van der Waals surface area contributed by atoms with Gasteiger partial charge in [-0.3, -0.25) is 14.4 Å². The maximum atomic E-state index is 14.6. The Kier molecular flexibility index (Phi) is 6.66. The Morgan fingerprint density at radius 3 is 2.51 bits per heavy atom. The molecule has 1 aromatic heterocycles. The van der Waals surface area contributed by atoms with Gasteiger partial charge in [0, 0.05) is 18.8 Å². The van der Waals surface area contributed by atoms with Crippen molar-refractivity contribution in [1.82, 2.24) is 24.8 Å². The van der Waals surface area contributed by atoms with E-state index in [4.69, 9.17) is 4.74 Å². The Labute approximate surface area is 249 Å². The Balaban J connectivity index is 1.31. The van der Waals surface area contributed by atoms with Gasteiger partial charge in [0.2, 0.25) is 11.8 Å². The molecule has 43 heavy (non-hydrogen) atoms. The number of nitrogens with zero attached hydrogens (tertiary/aromatic N) is 6. The molecule has 0 bridgehead atoms. The standard InChI is InChI=1S/C32H34N6O5/c1-20(2)24(18-39)38-28-31(42)35(19-37-23-13-7-6-12-22(23)33-34-37)16-9-15-32(28)27(30(38)41)26-25(43-32)14-8-17-36(29(26)40)21-10-4-3-5-11-21/h3-15,20,24-28,39H,16-19H2,1-2H3/t24-,25+,26-,27-,28?,32-/m0/s1. The number of hydrogen-bond donors (Lipinski definition) is 1. The molecule has 6 atom stereocenters. The number of anilines is 1. The van der Waals surface area contributed by atoms with Gasteiger partial charge in [0.1, 0.15) is 23.8 Å². The van der Waals surface area contributed by atoms with Crippen LogP contribution >= 0.6 is 0 Å². The maximum Gasteiger partial charge on any atom is 0.250 e. The third-order valence-electron chi connectivity index (χ3n) is 9.29. The van der Waals surface area contributed by atoms with Crippen LogP contribution in [-0.4, -0.2) is 91.1 Å². The zero-order valence-corrected chi connectivity index (χ0v) is 24.1. The van der Waals surface area contributed by atoms with Crippen molar-refractivity contribution in [3.63, 3.8) is 0 Å². The highest BCUT2D eigenvalue weighted by molar-refractivity contribution is 6.04. The van der Waals surface area contributed by atoms with Gasteiger partial charge in [-0.15, -0.1) is 5.10 Å². The van der Waals surface area contributed by atoms with Crippen LogP contribution < -0.4 is 4.90 Å². The third-order valence-corrected chi connectivity index (χ3v) is 9.29. The van der Waals surface area contributed by atoms with Crippen LogP contribution in [0, 0.1) is 17.8 Å². The number of ether oxygens (including phenoxy) is 1. The molecular formula is C32H34N6O5. The molecule has 1 unspecified atom stereocenters. The third kappa shape index (κ3) is 4.13. The summed E-state index contributed by atoms with van der Waals surface area (Å²) in [7, 11) is 0. The van der Waals surface area contributed by atoms with Crippen LogP contribution in [0.2, 0.25) is 0 Å². The lowest BCUT2D eigenvalue weighted by Gasteiger charge is -2.39. The number of benzene rings is 2. The number of rotatable bonds is 6. The van der Waals surface area contributed by atoms with Crippen LogP contribution in [0.4, 0.5) is 5.69 Å². The first-order valence-electron chi connectivity index (χ1n) is 14.7. The lowest BCUT2D eigenvalue weighted by atomic mass is 9.77. The minimum atomic E-state index is -1.38. The summed E-state index contributed by atoms with van der Waals surface area (Å²) in [6.45, 7) is 4.20. The van der Waals surface area contributed by atoms with E-state index in [2.05, 4.69) is 10.3 Å². The Morgan fingerprint density at radius 1 is 0.977 bits per heavy atom. The van der Waals surface area contributed by atoms with Crippen molar-refractivity contribution >= 4 is 34.4 Å². The SMILES string of the molecule is CC(C)[C@H](CO)N1C(=O)[C@@H]2[C@H]3C(=O)N(c4ccccc4)CC=C[C@H]3O[C@@]23C=CCN(Cn2nnc4ccccc42)C(=O)C13. The fraction of sp³-hybridized carbons (Fsp3) is 0.406. The summed E-state index contributed by atoms with van der Waals surface area (Å²) in [5.74, 6) is -2.84. The number of hydrogen-bond acceptors (Lipinski definition) is 7. The zero-order chi connectivity index (χ0) is 29.9. The highest BCUT2D eigenvalue weighted by Crippen LogP contribution is 2.54. The summed E-state index contributed by atoms with van der Waals surface area (Å²) in [6.07, 6.45) is 6.71. The van der Waals surface area contributed by atoms with Crippen molar-refractivity contribution < 1.29 is 24.2 Å². The van der Waals surface area contributed by atoms with E-state index in [1.54, 1.807) is 14.5 Å². The minimum absolute atomic E-state index is 0.113. The summed E-state index contributed by atoms with van der Waals surface area (Å²) in [4.78, 5) is 48.3. The van der Waals surface area contributed by atoms with E-state index < -0.39 is 35.6 Å². The van der Waals surface area contributed by atoms with Crippen LogP contribution in [-0.2, 0) is 25.8 Å². The molecule has 0 saturated carbocycles. The van der Waals surface area contributed by atoms with Crippen molar-refractivity contribution in [3.05, 3.63) is 78.9 Å². The second-order valence-corrected chi connectivity index (χ2v) is 12.0. The topological polar surface area (TPSA) is 121 Å². The molecule has 222 valence electrons. The number of amides is 3. The van der Waals surface area contributed by atoms with Gasteiger partial charge in [-0.2, -0.15) is 0 Å². The summed E-state index contributed by atoms with van der Waals surface area (Å²) in [5, 5.41) is 19.0. The summed E-state index contributed by atoms with van der Waals surface area (Å²) >= 11 is 0. The Morgan fingerprint density at radius 2 is 1.74 bits per heavy atom. The fourth-order valence-corrected chi connectivity index (χ4v) is 7.25. The number of aromatic nitrogens is 3. The average molecular weight is 583 g/mol. The van der Waals surface area contributed by atoms with Crippen LogP contribution in [0.3, 0.4) is 0 Å². The van der Waals surface area contributed by atoms with Gasteiger partial charge in [0.25, 0.3) is 5.91 Å². The van der Waals surface area contributed by atoms with Crippen LogP contribution in [0.5, 0.6) is 0 Å². The Bertz CT molecular complexity index is 1640. The van der Waals surface area contributed by atoms with E-state index >= 15 is 0 Å². The molecule has 4 aliphatic rings. The van der Waals surface area contributed by atoms with Gasteiger partial charge in [0.05, 0.1) is 36.1 Å². The normalized spacial score (nSPS) is 29.2. The van der Waals surface area contributed by atoms with Crippen molar-refractivity contribution in [1.29, 1.82) is 0 Å². The first kappa shape index (κ1) is 27.5. The van der Waals surface area contributed by atoms with E-state index in [1.807, 2.05) is 92.7 Å². The predicted octanol–water partition coefficient (Wildman–Crippen LogP) is 1.99. The lowest BCUT2D eigenvalue weighted by Crippen LogP contribution is -2.59. The van der Waals surface area contributed by atoms with Gasteiger partial charge >= 0.3 is 0 Å². The molecule has 2 fully saturated rings. The van der Waals surface area contributed by atoms with E-state index in [0.717, 1.165) is 11.2 Å². The molecule has 0 aliphatic carbocycles. The van der Waals surface area contributed by atoms with Crippen molar-refractivity contribution in [3.8, 4) is 0 Å². The number of carbonyl (C=O) groups is 3. The van der Waals surface area contributed by atoms with Crippen LogP contribution in [0.15, 0.2) is 78.9 Å². The van der Waals surface area contributed by atoms with E-state index in [-0.39, 0.29) is 43.5 Å². The minimum Gasteiger partial charge on any atom is -0.394 e. The molecule has 1 spiro atoms. The Hall–Kier alpha value is -4.35. The molecule has 0 radical (unpaired) electrons. The number of aliphatic hydroxyl groups is 1. The monoisotopic (exact) mass is 582 g/mol. The van der Waals surface area contributed by atoms with E-state index in [0.29, 0.717) is 12.1 Å². The molecule has 3 amide bonds. The van der Waals surface area contributed by atoms with E-state index in [1.165, 1.54) is 4.90 Å². The number of fused-ring (bicyclic) bond motifs is 3. The van der Waals surface area contributed by atoms with Crippen molar-refractivity contribution in [2.45, 2.75) is 44.3 Å². The van der Waals surface area contributed by atoms with Crippen molar-refractivity contribution in [2.24, 2.45) is 17.8 Å². The molecule has 2 saturated heterocycles. The number of aliphatic hydroxyl groups excluding tert-OH is 1. The largest absolute Gasteiger partial charge is 0.394 e. The molecule has 4 aliphatic heterocycles. The van der Waals surface area contributed by atoms with E-state index in [9.17, 15) is 19.5 Å². The first-order chi connectivity index (χ1) is 20.9. The predicted molar refractivity (Wildman–Crippen MR) is 157 cm³/mol. The fourth-order valence-electron chi connectivity index (χ4n) is 7.25. The molecule has 7 rings (SSSR count). The van der Waals surface area contributed by atoms with Gasteiger partial charge < -0.3 is 24.5 Å². The smallest absolute Gasteiger partial charge is 0.250 e. The molecule has 3 aromatic rings. The lowest BCUT2D eigenvalue weighted by molar-refractivity contribution is -0.152. The zero-order valence-electron chi connectivity index (χ0n) is 24.1. The number of carbonyl (C=O) groups excluding carboxylic acids is 3. The molecular weight excluding hydrogens is 548 g/mol. The average Bonchev–Trinajstić information content (AvgIpc) is 3.56. The van der Waals surface area contributed by atoms with Crippen molar-refractivity contribution in [2.75, 3.05) is 24.6 Å². The van der Waals surface area contributed by atoms with Crippen LogP contribution in [0.25, 0.3) is 11.0 Å². The molecule has 11 nitrogen and oxygen atoms in total. The molecule has 2 aromatic carbocycles. The van der Waals surface area contributed by atoms with Gasteiger partial charge in [-0.05, 0) is 30.2 Å². The molecule has 5 heterocycles. The van der Waals surface area contributed by atoms with Gasteiger partial charge in [-0.1, -0.05) is 73.7 Å². The summed E-state index contributed by atoms with van der Waals surface area (Å²) in [6, 6.07) is 15.1. The number of para-hydroxylation sites is 2. The molecule has 1 N–H and O–H groups in total. The maximum absolute atomic E-state index is 14.6. The second kappa shape index (κ2) is 10.4. The summed E-state index contributed by atoms with van der Waals surface area (Å²) in [5.41, 5.74) is 0.834. The highest BCUT2D eigenvalue weighted by Gasteiger charge is 2.72. The highest BCUT2D eigenvalue weighted by atomic mass is 16.5. The first-order valence-corrected chi connectivity index (χ1v) is 14.7.